The number of nitrogens with one attached hydrogen (secondary N) is 2. The number of carbonyl (C=O) groups excluding carboxylic acids is 3. The molecule has 0 spiro atoms. The van der Waals surface area contributed by atoms with Crippen molar-refractivity contribution in [1.82, 2.24) is 10.2 Å². The monoisotopic (exact) mass is 466 g/mol. The SMILES string of the molecule is Cc1ccccc1NC(=O)C(c1ccccc1O)N(CC#N)C(=O)C(C)NC(=O)OC(C)(C)C. The minimum Gasteiger partial charge on any atom is -0.508 e. The summed E-state index contributed by atoms with van der Waals surface area (Å²) in [5, 5.41) is 25.1. The van der Waals surface area contributed by atoms with Crippen LogP contribution in [0.1, 0.15) is 44.9 Å². The number of benzene rings is 2. The van der Waals surface area contributed by atoms with Crippen LogP contribution in [0.5, 0.6) is 5.75 Å². The molecule has 0 bridgehead atoms. The lowest BCUT2D eigenvalue weighted by molar-refractivity contribution is -0.139. The van der Waals surface area contributed by atoms with E-state index >= 15 is 0 Å². The summed E-state index contributed by atoms with van der Waals surface area (Å²) < 4.78 is 5.20. The molecular formula is C25H30N4O5. The zero-order chi connectivity index (χ0) is 25.5. The largest absolute Gasteiger partial charge is 0.508 e. The average Bonchev–Trinajstić information content (AvgIpc) is 2.74. The predicted molar refractivity (Wildman–Crippen MR) is 127 cm³/mol. The van der Waals surface area contributed by atoms with Crippen LogP contribution in [0.15, 0.2) is 48.5 Å². The van der Waals surface area contributed by atoms with Gasteiger partial charge in [0.2, 0.25) is 5.91 Å². The van der Waals surface area contributed by atoms with Gasteiger partial charge in [0.25, 0.3) is 5.91 Å². The highest BCUT2D eigenvalue weighted by Crippen LogP contribution is 2.31. The molecular weight excluding hydrogens is 436 g/mol. The number of rotatable bonds is 7. The van der Waals surface area contributed by atoms with Crippen LogP contribution in [0.4, 0.5) is 10.5 Å². The number of alkyl carbamates (subject to hydrolysis) is 1. The van der Waals surface area contributed by atoms with Gasteiger partial charge in [0, 0.05) is 11.3 Å². The topological polar surface area (TPSA) is 132 Å². The van der Waals surface area contributed by atoms with Gasteiger partial charge in [-0.3, -0.25) is 9.59 Å². The Bertz CT molecular complexity index is 1090. The lowest BCUT2D eigenvalue weighted by Gasteiger charge is -2.32. The maximum absolute atomic E-state index is 13.4. The van der Waals surface area contributed by atoms with Gasteiger partial charge in [0.05, 0.1) is 6.07 Å². The highest BCUT2D eigenvalue weighted by atomic mass is 16.6. The molecule has 0 aliphatic carbocycles. The molecule has 0 radical (unpaired) electrons. The average molecular weight is 467 g/mol. The Hall–Kier alpha value is -4.06. The van der Waals surface area contributed by atoms with E-state index in [0.717, 1.165) is 10.5 Å². The first-order chi connectivity index (χ1) is 15.9. The summed E-state index contributed by atoms with van der Waals surface area (Å²) in [6, 6.07) is 12.6. The fraction of sp³-hybridized carbons (Fsp3) is 0.360. The lowest BCUT2D eigenvalue weighted by Crippen LogP contribution is -2.51. The molecule has 0 aliphatic rings. The third-order valence-electron chi connectivity index (χ3n) is 4.82. The Morgan fingerprint density at radius 1 is 1.12 bits per heavy atom. The molecule has 180 valence electrons. The van der Waals surface area contributed by atoms with Crippen molar-refractivity contribution in [1.29, 1.82) is 5.26 Å². The first-order valence-corrected chi connectivity index (χ1v) is 10.8. The summed E-state index contributed by atoms with van der Waals surface area (Å²) in [5.74, 6) is -1.53. The van der Waals surface area contributed by atoms with Gasteiger partial charge >= 0.3 is 6.09 Å². The van der Waals surface area contributed by atoms with Crippen LogP contribution < -0.4 is 10.6 Å². The van der Waals surface area contributed by atoms with E-state index in [1.165, 1.54) is 19.1 Å². The maximum Gasteiger partial charge on any atom is 0.408 e. The van der Waals surface area contributed by atoms with E-state index in [9.17, 15) is 24.8 Å². The third-order valence-corrected chi connectivity index (χ3v) is 4.82. The number of phenolic OH excluding ortho intramolecular Hbond substituents is 1. The van der Waals surface area contributed by atoms with Crippen LogP contribution in [-0.4, -0.2) is 46.1 Å². The zero-order valence-electron chi connectivity index (χ0n) is 20.0. The van der Waals surface area contributed by atoms with Crippen molar-refractivity contribution < 1.29 is 24.2 Å². The van der Waals surface area contributed by atoms with Crippen LogP contribution in [0.2, 0.25) is 0 Å². The second-order valence-electron chi connectivity index (χ2n) is 8.76. The zero-order valence-corrected chi connectivity index (χ0v) is 20.0. The molecule has 2 aromatic rings. The predicted octanol–water partition coefficient (Wildman–Crippen LogP) is 3.65. The van der Waals surface area contributed by atoms with Crippen molar-refractivity contribution in [2.75, 3.05) is 11.9 Å². The van der Waals surface area contributed by atoms with E-state index in [-0.39, 0.29) is 11.3 Å². The Balaban J connectivity index is 2.42. The molecule has 0 saturated carbocycles. The number of aryl methyl sites for hydroxylation is 1. The minimum absolute atomic E-state index is 0.140. The molecule has 0 saturated heterocycles. The number of nitrogens with zero attached hydrogens (tertiary/aromatic N) is 2. The summed E-state index contributed by atoms with van der Waals surface area (Å²) in [6.07, 6.45) is -0.811. The van der Waals surface area contributed by atoms with Crippen LogP contribution in [-0.2, 0) is 14.3 Å². The number of ether oxygens (including phenoxy) is 1. The van der Waals surface area contributed by atoms with Crippen molar-refractivity contribution in [3.63, 3.8) is 0 Å². The van der Waals surface area contributed by atoms with Gasteiger partial charge in [-0.1, -0.05) is 36.4 Å². The van der Waals surface area contributed by atoms with E-state index in [2.05, 4.69) is 10.6 Å². The van der Waals surface area contributed by atoms with Gasteiger partial charge < -0.3 is 25.4 Å². The molecule has 9 heteroatoms. The standard InChI is InChI=1S/C25H30N4O5/c1-16-10-6-8-12-19(16)28-22(31)21(18-11-7-9-13-20(18)30)29(15-14-26)23(32)17(2)27-24(33)34-25(3,4)5/h6-13,17,21,30H,15H2,1-5H3,(H,27,33)(H,28,31). The van der Waals surface area contributed by atoms with Crippen molar-refractivity contribution in [2.45, 2.75) is 52.3 Å². The normalized spacial score (nSPS) is 12.6. The number of nitriles is 1. The van der Waals surface area contributed by atoms with E-state index < -0.39 is 42.1 Å². The number of para-hydroxylation sites is 2. The minimum atomic E-state index is -1.34. The fourth-order valence-corrected chi connectivity index (χ4v) is 3.25. The molecule has 3 amide bonds. The Kier molecular flexibility index (Phi) is 8.62. The lowest BCUT2D eigenvalue weighted by atomic mass is 10.0. The molecule has 2 aromatic carbocycles. The van der Waals surface area contributed by atoms with E-state index in [1.807, 2.05) is 25.1 Å². The second kappa shape index (κ2) is 11.2. The molecule has 2 atom stereocenters. The second-order valence-corrected chi connectivity index (χ2v) is 8.76. The summed E-state index contributed by atoms with van der Waals surface area (Å²) in [5.41, 5.74) is 0.689. The van der Waals surface area contributed by atoms with Gasteiger partial charge in [-0.2, -0.15) is 5.26 Å². The number of amides is 3. The molecule has 3 N–H and O–H groups in total. The number of hydrogen-bond donors (Lipinski definition) is 3. The first kappa shape index (κ1) is 26.2. The number of aromatic hydroxyl groups is 1. The quantitative estimate of drug-likeness (QED) is 0.534. The smallest absolute Gasteiger partial charge is 0.408 e. The van der Waals surface area contributed by atoms with Gasteiger partial charge in [0.15, 0.2) is 0 Å². The van der Waals surface area contributed by atoms with Gasteiger partial charge in [0.1, 0.15) is 30.0 Å². The summed E-state index contributed by atoms with van der Waals surface area (Å²) in [6.45, 7) is 7.84. The molecule has 0 aromatic heterocycles. The van der Waals surface area contributed by atoms with Crippen LogP contribution >= 0.6 is 0 Å². The van der Waals surface area contributed by atoms with Gasteiger partial charge in [-0.25, -0.2) is 4.79 Å². The first-order valence-electron chi connectivity index (χ1n) is 10.8. The van der Waals surface area contributed by atoms with E-state index in [4.69, 9.17) is 4.74 Å². The fourth-order valence-electron chi connectivity index (χ4n) is 3.25. The molecule has 2 unspecified atom stereocenters. The van der Waals surface area contributed by atoms with Gasteiger partial charge in [-0.15, -0.1) is 0 Å². The van der Waals surface area contributed by atoms with Crippen molar-refractivity contribution in [3.8, 4) is 11.8 Å². The highest BCUT2D eigenvalue weighted by Gasteiger charge is 2.36. The molecule has 9 nitrogen and oxygen atoms in total. The Labute approximate surface area is 199 Å². The Morgan fingerprint density at radius 2 is 1.74 bits per heavy atom. The number of anilines is 1. The maximum atomic E-state index is 13.4. The van der Waals surface area contributed by atoms with Crippen LogP contribution in [0.3, 0.4) is 0 Å². The molecule has 2 rings (SSSR count). The van der Waals surface area contributed by atoms with Crippen LogP contribution in [0, 0.1) is 18.3 Å². The summed E-state index contributed by atoms with van der Waals surface area (Å²) in [4.78, 5) is 40.0. The van der Waals surface area contributed by atoms with Crippen molar-refractivity contribution in [2.24, 2.45) is 0 Å². The third kappa shape index (κ3) is 6.97. The van der Waals surface area contributed by atoms with E-state index in [1.54, 1.807) is 45.0 Å². The van der Waals surface area contributed by atoms with E-state index in [0.29, 0.717) is 5.69 Å². The Morgan fingerprint density at radius 3 is 2.32 bits per heavy atom. The molecule has 34 heavy (non-hydrogen) atoms. The molecule has 0 fully saturated rings. The number of hydrogen-bond acceptors (Lipinski definition) is 6. The number of phenols is 1. The number of carbonyl (C=O) groups is 3. The van der Waals surface area contributed by atoms with Gasteiger partial charge in [-0.05, 0) is 52.3 Å². The highest BCUT2D eigenvalue weighted by molar-refractivity contribution is 5.99. The summed E-state index contributed by atoms with van der Waals surface area (Å²) >= 11 is 0. The van der Waals surface area contributed by atoms with Crippen molar-refractivity contribution in [3.05, 3.63) is 59.7 Å². The molecule has 0 aliphatic heterocycles. The molecule has 0 heterocycles. The van der Waals surface area contributed by atoms with Crippen molar-refractivity contribution >= 4 is 23.6 Å². The summed E-state index contributed by atoms with van der Waals surface area (Å²) in [7, 11) is 0. The van der Waals surface area contributed by atoms with Crippen LogP contribution in [0.25, 0.3) is 0 Å².